The molecule has 0 aliphatic rings. The highest BCUT2D eigenvalue weighted by Gasteiger charge is 2.13. The number of furan rings is 1. The Hall–Kier alpha value is -1.66. The summed E-state index contributed by atoms with van der Waals surface area (Å²) in [5, 5.41) is 14.4. The maximum atomic E-state index is 11.8. The first-order valence-corrected chi connectivity index (χ1v) is 6.99. The second-order valence-electron chi connectivity index (χ2n) is 4.15. The Labute approximate surface area is 115 Å². The molecule has 6 heteroatoms. The number of carbonyl (C=O) groups is 1. The van der Waals surface area contributed by atoms with Crippen LogP contribution >= 0.6 is 11.3 Å². The van der Waals surface area contributed by atoms with Gasteiger partial charge >= 0.3 is 0 Å². The highest BCUT2D eigenvalue weighted by molar-refractivity contribution is 7.13. The minimum atomic E-state index is -0.185. The number of thiazole rings is 1. The van der Waals surface area contributed by atoms with Gasteiger partial charge < -0.3 is 14.8 Å². The van der Waals surface area contributed by atoms with Gasteiger partial charge in [-0.2, -0.15) is 0 Å². The van der Waals surface area contributed by atoms with Gasteiger partial charge in [0.25, 0.3) is 0 Å². The normalized spacial score (nSPS) is 12.3. The van der Waals surface area contributed by atoms with Gasteiger partial charge in [0.15, 0.2) is 10.8 Å². The molecule has 0 radical (unpaired) electrons. The lowest BCUT2D eigenvalue weighted by molar-refractivity contribution is -0.121. The topological polar surface area (TPSA) is 75.4 Å². The molecule has 102 valence electrons. The van der Waals surface area contributed by atoms with Crippen LogP contribution in [0.4, 0.5) is 0 Å². The molecule has 0 saturated carbocycles. The lowest BCUT2D eigenvalue weighted by atomic mass is 10.2. The third-order valence-electron chi connectivity index (χ3n) is 2.70. The van der Waals surface area contributed by atoms with E-state index in [9.17, 15) is 4.79 Å². The van der Waals surface area contributed by atoms with Crippen molar-refractivity contribution < 1.29 is 14.3 Å². The third-order valence-corrected chi connectivity index (χ3v) is 3.61. The molecule has 2 rings (SSSR count). The fourth-order valence-corrected chi connectivity index (χ4v) is 2.41. The summed E-state index contributed by atoms with van der Waals surface area (Å²) >= 11 is 1.45. The van der Waals surface area contributed by atoms with Crippen LogP contribution in [-0.4, -0.2) is 28.6 Å². The first-order chi connectivity index (χ1) is 9.22. The van der Waals surface area contributed by atoms with Crippen molar-refractivity contribution in [2.75, 3.05) is 6.61 Å². The van der Waals surface area contributed by atoms with Crippen LogP contribution in [0, 0.1) is 0 Å². The van der Waals surface area contributed by atoms with Gasteiger partial charge in [0.2, 0.25) is 5.91 Å². The monoisotopic (exact) mass is 280 g/mol. The van der Waals surface area contributed by atoms with Gasteiger partial charge in [-0.1, -0.05) is 6.92 Å². The zero-order valence-electron chi connectivity index (χ0n) is 10.6. The number of nitrogens with zero attached hydrogens (tertiary/aromatic N) is 1. The minimum Gasteiger partial charge on any atom is -0.462 e. The molecule has 0 aliphatic carbocycles. The van der Waals surface area contributed by atoms with E-state index in [0.717, 1.165) is 5.01 Å². The number of aliphatic hydroxyl groups excluding tert-OH is 1. The van der Waals surface area contributed by atoms with E-state index >= 15 is 0 Å². The molecule has 0 bridgehead atoms. The molecule has 5 nitrogen and oxygen atoms in total. The molecule has 0 aromatic carbocycles. The predicted molar refractivity (Wildman–Crippen MR) is 72.8 cm³/mol. The van der Waals surface area contributed by atoms with E-state index in [4.69, 9.17) is 9.52 Å². The number of carbonyl (C=O) groups excluding carboxylic acids is 1. The van der Waals surface area contributed by atoms with E-state index in [0.29, 0.717) is 17.9 Å². The maximum absolute atomic E-state index is 11.8. The van der Waals surface area contributed by atoms with Crippen LogP contribution in [0.3, 0.4) is 0 Å². The lowest BCUT2D eigenvalue weighted by Crippen LogP contribution is -2.37. The summed E-state index contributed by atoms with van der Waals surface area (Å²) in [5.41, 5.74) is 0.710. The van der Waals surface area contributed by atoms with Crippen LogP contribution in [-0.2, 0) is 11.2 Å². The Morgan fingerprint density at radius 3 is 3.11 bits per heavy atom. The molecule has 1 atom stereocenters. The molecule has 19 heavy (non-hydrogen) atoms. The number of nitrogens with one attached hydrogen (secondary N) is 1. The predicted octanol–water partition coefficient (Wildman–Crippen LogP) is 1.83. The number of hydrogen-bond acceptors (Lipinski definition) is 5. The Kier molecular flexibility index (Phi) is 4.70. The number of hydrogen-bond donors (Lipinski definition) is 2. The Morgan fingerprint density at radius 2 is 2.47 bits per heavy atom. The SMILES string of the molecule is CCC(CO)NC(=O)Cc1csc(-c2ccco2)n1. The van der Waals surface area contributed by atoms with E-state index in [2.05, 4.69) is 10.3 Å². The molecule has 2 aromatic rings. The van der Waals surface area contributed by atoms with Crippen LogP contribution in [0.1, 0.15) is 19.0 Å². The van der Waals surface area contributed by atoms with Crippen molar-refractivity contribution in [1.29, 1.82) is 0 Å². The molecule has 2 aromatic heterocycles. The molecule has 0 spiro atoms. The van der Waals surface area contributed by atoms with Crippen molar-refractivity contribution >= 4 is 17.2 Å². The first kappa shape index (κ1) is 13.8. The third kappa shape index (κ3) is 3.65. The summed E-state index contributed by atoms with van der Waals surface area (Å²) in [5.74, 6) is 0.579. The lowest BCUT2D eigenvalue weighted by Gasteiger charge is -2.13. The Bertz CT molecular complexity index is 518. The van der Waals surface area contributed by atoms with Crippen LogP contribution < -0.4 is 5.32 Å². The number of amides is 1. The van der Waals surface area contributed by atoms with Gasteiger partial charge in [-0.15, -0.1) is 11.3 Å². The van der Waals surface area contributed by atoms with E-state index < -0.39 is 0 Å². The second kappa shape index (κ2) is 6.49. The zero-order chi connectivity index (χ0) is 13.7. The van der Waals surface area contributed by atoms with E-state index in [1.807, 2.05) is 18.4 Å². The molecule has 2 heterocycles. The van der Waals surface area contributed by atoms with Gasteiger partial charge in [-0.25, -0.2) is 4.98 Å². The summed E-state index contributed by atoms with van der Waals surface area (Å²) in [6.45, 7) is 1.87. The van der Waals surface area contributed by atoms with E-state index in [1.165, 1.54) is 11.3 Å². The van der Waals surface area contributed by atoms with Crippen LogP contribution in [0.5, 0.6) is 0 Å². The molecule has 0 aliphatic heterocycles. The fraction of sp³-hybridized carbons (Fsp3) is 0.385. The van der Waals surface area contributed by atoms with Crippen molar-refractivity contribution in [2.24, 2.45) is 0 Å². The van der Waals surface area contributed by atoms with Crippen LogP contribution in [0.2, 0.25) is 0 Å². The number of rotatable bonds is 6. The van der Waals surface area contributed by atoms with E-state index in [-0.39, 0.29) is 25.0 Å². The molecule has 0 fully saturated rings. The van der Waals surface area contributed by atoms with Crippen molar-refractivity contribution in [1.82, 2.24) is 10.3 Å². The summed E-state index contributed by atoms with van der Waals surface area (Å²) in [6.07, 6.45) is 2.51. The smallest absolute Gasteiger partial charge is 0.226 e. The molecule has 1 amide bonds. The molecule has 1 unspecified atom stereocenters. The van der Waals surface area contributed by atoms with Gasteiger partial charge in [0, 0.05) is 5.38 Å². The standard InChI is InChI=1S/C13H16N2O3S/c1-2-9(7-16)14-12(17)6-10-8-19-13(15-10)11-4-3-5-18-11/h3-5,8-9,16H,2,6-7H2,1H3,(H,14,17). The van der Waals surface area contributed by atoms with Gasteiger partial charge in [0.1, 0.15) is 0 Å². The summed E-state index contributed by atoms with van der Waals surface area (Å²) in [7, 11) is 0. The molecular weight excluding hydrogens is 264 g/mol. The Balaban J connectivity index is 1.95. The number of aliphatic hydroxyl groups is 1. The van der Waals surface area contributed by atoms with Crippen LogP contribution in [0.15, 0.2) is 28.2 Å². The number of aromatic nitrogens is 1. The van der Waals surface area contributed by atoms with Crippen molar-refractivity contribution in [3.8, 4) is 10.8 Å². The maximum Gasteiger partial charge on any atom is 0.226 e. The molecular formula is C13H16N2O3S. The van der Waals surface area contributed by atoms with Crippen LogP contribution in [0.25, 0.3) is 10.8 Å². The highest BCUT2D eigenvalue weighted by Crippen LogP contribution is 2.23. The average Bonchev–Trinajstić information content (AvgIpc) is 3.06. The molecule has 0 saturated heterocycles. The molecule has 2 N–H and O–H groups in total. The second-order valence-corrected chi connectivity index (χ2v) is 5.01. The summed E-state index contributed by atoms with van der Waals surface area (Å²) in [4.78, 5) is 16.1. The highest BCUT2D eigenvalue weighted by atomic mass is 32.1. The first-order valence-electron chi connectivity index (χ1n) is 6.11. The average molecular weight is 280 g/mol. The zero-order valence-corrected chi connectivity index (χ0v) is 11.4. The van der Waals surface area contributed by atoms with E-state index in [1.54, 1.807) is 12.3 Å². The summed E-state index contributed by atoms with van der Waals surface area (Å²) in [6, 6.07) is 3.45. The minimum absolute atomic E-state index is 0.0447. The van der Waals surface area contributed by atoms with Gasteiger partial charge in [0.05, 0.1) is 31.0 Å². The van der Waals surface area contributed by atoms with Crippen molar-refractivity contribution in [3.05, 3.63) is 29.5 Å². The fourth-order valence-electron chi connectivity index (χ4n) is 1.62. The Morgan fingerprint density at radius 1 is 1.63 bits per heavy atom. The van der Waals surface area contributed by atoms with Crippen molar-refractivity contribution in [3.63, 3.8) is 0 Å². The van der Waals surface area contributed by atoms with Crippen molar-refractivity contribution in [2.45, 2.75) is 25.8 Å². The largest absolute Gasteiger partial charge is 0.462 e. The summed E-state index contributed by atoms with van der Waals surface area (Å²) < 4.78 is 5.25. The quantitative estimate of drug-likeness (QED) is 0.846. The van der Waals surface area contributed by atoms with Gasteiger partial charge in [-0.05, 0) is 18.6 Å². The van der Waals surface area contributed by atoms with Gasteiger partial charge in [-0.3, -0.25) is 4.79 Å².